The summed E-state index contributed by atoms with van der Waals surface area (Å²) in [6, 6.07) is 0. The van der Waals surface area contributed by atoms with Gasteiger partial charge in [0.1, 0.15) is 0 Å². The molecule has 0 bridgehead atoms. The second-order valence-electron chi connectivity index (χ2n) is 1.48. The normalized spacial score (nSPS) is 11.0. The quantitative estimate of drug-likeness (QED) is 0.450. The number of carbonyl (C=O) groups is 1. The average molecular weight is 177 g/mol. The first-order valence-electron chi connectivity index (χ1n) is 3.08. The number of amides is 1. The van der Waals surface area contributed by atoms with Crippen molar-refractivity contribution in [2.24, 2.45) is 4.99 Å². The number of carbonyl (C=O) groups excluding carboxylic acids is 1. The third kappa shape index (κ3) is 4.66. The molecule has 1 amide bonds. The molecular weight excluding hydrogens is 166 g/mol. The van der Waals surface area contributed by atoms with Gasteiger partial charge in [0.15, 0.2) is 0 Å². The largest absolute Gasteiger partial charge is 0.476 e. The molecular formula is C6H11NO3S. The first-order valence-corrected chi connectivity index (χ1v) is 4.30. The van der Waals surface area contributed by atoms with Gasteiger partial charge in [0.25, 0.3) is 5.23 Å². The molecule has 0 aromatic heterocycles. The van der Waals surface area contributed by atoms with E-state index in [0.29, 0.717) is 11.8 Å². The van der Waals surface area contributed by atoms with Crippen LogP contribution in [0.15, 0.2) is 4.99 Å². The summed E-state index contributed by atoms with van der Waals surface area (Å²) in [7, 11) is 1.45. The fraction of sp³-hybridized carbons (Fsp3) is 0.667. The Labute approximate surface area is 70.0 Å². The van der Waals surface area contributed by atoms with E-state index in [1.54, 1.807) is 13.2 Å². The van der Waals surface area contributed by atoms with Crippen LogP contribution in [0.3, 0.4) is 0 Å². The Bertz CT molecular complexity index is 152. The van der Waals surface area contributed by atoms with E-state index in [1.807, 2.05) is 0 Å². The zero-order chi connectivity index (χ0) is 8.69. The first kappa shape index (κ1) is 10.3. The third-order valence-electron chi connectivity index (χ3n) is 0.800. The van der Waals surface area contributed by atoms with Crippen LogP contribution >= 0.6 is 11.8 Å². The standard InChI is InChI=1S/C6H11NO3S/c1-4-10-5(8)7-6(9-2)11-3/h4H2,1-3H3. The predicted octanol–water partition coefficient (Wildman–Crippen LogP) is 1.51. The second kappa shape index (κ2) is 6.03. The summed E-state index contributed by atoms with van der Waals surface area (Å²) in [5, 5.41) is 0.309. The van der Waals surface area contributed by atoms with Crippen LogP contribution in [0.25, 0.3) is 0 Å². The summed E-state index contributed by atoms with van der Waals surface area (Å²) in [5.74, 6) is 0. The minimum absolute atomic E-state index is 0.309. The van der Waals surface area contributed by atoms with Crippen molar-refractivity contribution in [3.63, 3.8) is 0 Å². The first-order chi connectivity index (χ1) is 5.24. The molecule has 0 N–H and O–H groups in total. The predicted molar refractivity (Wildman–Crippen MR) is 45.0 cm³/mol. The Hall–Kier alpha value is -0.710. The van der Waals surface area contributed by atoms with Gasteiger partial charge in [0.2, 0.25) is 0 Å². The summed E-state index contributed by atoms with van der Waals surface area (Å²) >= 11 is 1.25. The molecule has 5 heteroatoms. The molecule has 0 aliphatic heterocycles. The number of thioether (sulfide) groups is 1. The van der Waals surface area contributed by atoms with Crippen molar-refractivity contribution in [3.8, 4) is 0 Å². The maximum absolute atomic E-state index is 10.7. The number of rotatable bonds is 1. The van der Waals surface area contributed by atoms with E-state index in [-0.39, 0.29) is 0 Å². The lowest BCUT2D eigenvalue weighted by molar-refractivity contribution is 0.163. The molecule has 0 heterocycles. The topological polar surface area (TPSA) is 47.9 Å². The van der Waals surface area contributed by atoms with E-state index in [2.05, 4.69) is 9.73 Å². The summed E-state index contributed by atoms with van der Waals surface area (Å²) in [6.45, 7) is 2.05. The molecule has 0 aromatic carbocycles. The minimum Gasteiger partial charge on any atom is -0.476 e. The third-order valence-corrected chi connectivity index (χ3v) is 1.41. The van der Waals surface area contributed by atoms with E-state index in [4.69, 9.17) is 4.74 Å². The molecule has 0 saturated heterocycles. The summed E-state index contributed by atoms with van der Waals surface area (Å²) < 4.78 is 9.28. The summed E-state index contributed by atoms with van der Waals surface area (Å²) in [5.41, 5.74) is 0. The molecule has 0 atom stereocenters. The lowest BCUT2D eigenvalue weighted by Gasteiger charge is -1.99. The van der Waals surface area contributed by atoms with Gasteiger partial charge >= 0.3 is 6.09 Å². The van der Waals surface area contributed by atoms with Crippen LogP contribution in [0.2, 0.25) is 0 Å². The molecule has 0 fully saturated rings. The van der Waals surface area contributed by atoms with E-state index < -0.39 is 6.09 Å². The molecule has 64 valence electrons. The van der Waals surface area contributed by atoms with Crippen LogP contribution in [0, 0.1) is 0 Å². The monoisotopic (exact) mass is 177 g/mol. The zero-order valence-corrected chi connectivity index (χ0v) is 7.60. The van der Waals surface area contributed by atoms with Crippen LogP contribution in [-0.4, -0.2) is 31.3 Å². The highest BCUT2D eigenvalue weighted by Gasteiger charge is 2.01. The molecule has 0 aliphatic carbocycles. The number of hydrogen-bond acceptors (Lipinski definition) is 4. The Kier molecular flexibility index (Phi) is 5.64. The molecule has 4 nitrogen and oxygen atoms in total. The minimum atomic E-state index is -0.612. The van der Waals surface area contributed by atoms with Gasteiger partial charge < -0.3 is 9.47 Å². The van der Waals surface area contributed by atoms with Gasteiger partial charge in [0, 0.05) is 0 Å². The van der Waals surface area contributed by atoms with Crippen LogP contribution in [-0.2, 0) is 9.47 Å². The molecule has 0 saturated carbocycles. The molecule has 0 aromatic rings. The Morgan fingerprint density at radius 1 is 1.64 bits per heavy atom. The second-order valence-corrected chi connectivity index (χ2v) is 2.24. The fourth-order valence-corrected chi connectivity index (χ4v) is 0.737. The molecule has 11 heavy (non-hydrogen) atoms. The van der Waals surface area contributed by atoms with Crippen molar-refractivity contribution in [3.05, 3.63) is 0 Å². The van der Waals surface area contributed by atoms with Crippen molar-refractivity contribution < 1.29 is 14.3 Å². The van der Waals surface area contributed by atoms with Crippen molar-refractivity contribution in [1.82, 2.24) is 0 Å². The van der Waals surface area contributed by atoms with E-state index in [9.17, 15) is 4.79 Å². The van der Waals surface area contributed by atoms with Crippen LogP contribution in [0.1, 0.15) is 6.92 Å². The smallest absolute Gasteiger partial charge is 0.437 e. The molecule has 0 radical (unpaired) electrons. The molecule has 0 rings (SSSR count). The van der Waals surface area contributed by atoms with Crippen LogP contribution in [0.5, 0.6) is 0 Å². The highest BCUT2D eigenvalue weighted by molar-refractivity contribution is 8.12. The van der Waals surface area contributed by atoms with Crippen molar-refractivity contribution in [1.29, 1.82) is 0 Å². The fourth-order valence-electron chi connectivity index (χ4n) is 0.405. The van der Waals surface area contributed by atoms with Gasteiger partial charge in [-0.1, -0.05) is 11.8 Å². The van der Waals surface area contributed by atoms with E-state index in [1.165, 1.54) is 18.9 Å². The van der Waals surface area contributed by atoms with E-state index in [0.717, 1.165) is 0 Å². The van der Waals surface area contributed by atoms with Gasteiger partial charge in [0.05, 0.1) is 13.7 Å². The van der Waals surface area contributed by atoms with Crippen LogP contribution < -0.4 is 0 Å². The lowest BCUT2D eigenvalue weighted by atomic mass is 10.9. The van der Waals surface area contributed by atoms with Gasteiger partial charge in [-0.15, -0.1) is 4.99 Å². The van der Waals surface area contributed by atoms with E-state index >= 15 is 0 Å². The summed E-state index contributed by atoms with van der Waals surface area (Å²) in [6.07, 6.45) is 1.15. The zero-order valence-electron chi connectivity index (χ0n) is 6.79. The van der Waals surface area contributed by atoms with Crippen LogP contribution in [0.4, 0.5) is 4.79 Å². The molecule has 0 aliphatic rings. The maximum Gasteiger partial charge on any atom is 0.437 e. The Morgan fingerprint density at radius 3 is 2.64 bits per heavy atom. The molecule has 0 spiro atoms. The Morgan fingerprint density at radius 2 is 2.27 bits per heavy atom. The average Bonchev–Trinajstić information content (AvgIpc) is 2.01. The van der Waals surface area contributed by atoms with Gasteiger partial charge in [-0.2, -0.15) is 0 Å². The SMILES string of the molecule is CCOC(=O)N=C(OC)SC. The number of aliphatic imine (C=N–C) groups is 1. The highest BCUT2D eigenvalue weighted by atomic mass is 32.2. The van der Waals surface area contributed by atoms with Gasteiger partial charge in [-0.3, -0.25) is 0 Å². The Balaban J connectivity index is 3.93. The number of hydrogen-bond donors (Lipinski definition) is 0. The number of nitrogens with zero attached hydrogens (tertiary/aromatic N) is 1. The van der Waals surface area contributed by atoms with Crippen molar-refractivity contribution in [2.75, 3.05) is 20.0 Å². The van der Waals surface area contributed by atoms with Crippen molar-refractivity contribution in [2.45, 2.75) is 6.92 Å². The molecule has 0 unspecified atom stereocenters. The summed E-state index contributed by atoms with van der Waals surface area (Å²) in [4.78, 5) is 14.2. The van der Waals surface area contributed by atoms with Crippen molar-refractivity contribution >= 4 is 23.1 Å². The van der Waals surface area contributed by atoms with Gasteiger partial charge in [-0.25, -0.2) is 4.79 Å². The number of methoxy groups -OCH3 is 1. The maximum atomic E-state index is 10.7. The lowest BCUT2D eigenvalue weighted by Crippen LogP contribution is -2.03. The highest BCUT2D eigenvalue weighted by Crippen LogP contribution is 1.99. The number of ether oxygens (including phenoxy) is 2. The van der Waals surface area contributed by atoms with Gasteiger partial charge in [-0.05, 0) is 13.2 Å².